The summed E-state index contributed by atoms with van der Waals surface area (Å²) in [5.41, 5.74) is 1.57. The van der Waals surface area contributed by atoms with Gasteiger partial charge in [-0.05, 0) is 75.2 Å². The van der Waals surface area contributed by atoms with Gasteiger partial charge in [0.25, 0.3) is 0 Å². The fraction of sp³-hybridized carbons (Fsp3) is 0.231. The molecule has 0 radical (unpaired) electrons. The molecule has 0 aliphatic heterocycles. The first-order valence-electron chi connectivity index (χ1n) is 10.4. The third-order valence-corrected chi connectivity index (χ3v) is 3.98. The number of hydrogen-bond acceptors (Lipinski definition) is 8. The van der Waals surface area contributed by atoms with Crippen LogP contribution in [-0.4, -0.2) is 24.5 Å². The number of carbonyl (C=O) groups is 2. The molecule has 0 aliphatic carbocycles. The summed E-state index contributed by atoms with van der Waals surface area (Å²) in [6, 6.07) is 16.9. The Kier molecular flexibility index (Phi) is 9.43. The number of nitrogens with zero attached hydrogens (tertiary/aromatic N) is 2. The summed E-state index contributed by atoms with van der Waals surface area (Å²) in [6.07, 6.45) is 0.885. The van der Waals surface area contributed by atoms with Crippen LogP contribution in [0.2, 0.25) is 0 Å². The number of ether oxygens (including phenoxy) is 4. The van der Waals surface area contributed by atoms with Gasteiger partial charge in [-0.25, -0.2) is 9.59 Å². The van der Waals surface area contributed by atoms with Crippen molar-refractivity contribution in [3.05, 3.63) is 70.8 Å². The smallest absolute Gasteiger partial charge is 0.431 e. The van der Waals surface area contributed by atoms with Crippen LogP contribution in [0.4, 0.5) is 9.59 Å². The van der Waals surface area contributed by atoms with E-state index in [1.165, 1.54) is 0 Å². The van der Waals surface area contributed by atoms with E-state index in [4.69, 9.17) is 18.9 Å². The van der Waals surface area contributed by atoms with E-state index in [9.17, 15) is 20.1 Å². The number of benzene rings is 2. The maximum absolute atomic E-state index is 11.6. The normalized spacial score (nSPS) is 11.4. The van der Waals surface area contributed by atoms with Gasteiger partial charge in [0, 0.05) is 0 Å². The van der Waals surface area contributed by atoms with Crippen molar-refractivity contribution in [2.45, 2.75) is 39.9 Å². The largest absolute Gasteiger partial charge is 0.514 e. The minimum absolute atomic E-state index is 0.149. The van der Waals surface area contributed by atoms with E-state index in [0.717, 1.165) is 0 Å². The first-order chi connectivity index (χ1) is 16.2. The zero-order valence-corrected chi connectivity index (χ0v) is 19.3. The molecular formula is C26H24N2O6. The van der Waals surface area contributed by atoms with Crippen LogP contribution in [0.15, 0.2) is 59.7 Å². The Balaban J connectivity index is 2.15. The highest BCUT2D eigenvalue weighted by molar-refractivity contribution is 5.74. The minimum atomic E-state index is -0.807. The van der Waals surface area contributed by atoms with Crippen LogP contribution >= 0.6 is 0 Å². The Bertz CT molecular complexity index is 1050. The third-order valence-electron chi connectivity index (χ3n) is 3.98. The Morgan fingerprint density at radius 1 is 0.676 bits per heavy atom. The van der Waals surface area contributed by atoms with Gasteiger partial charge in [0.1, 0.15) is 23.6 Å². The van der Waals surface area contributed by atoms with E-state index in [1.807, 2.05) is 12.1 Å². The lowest BCUT2D eigenvalue weighted by Gasteiger charge is -2.08. The van der Waals surface area contributed by atoms with Gasteiger partial charge < -0.3 is 18.9 Å². The summed E-state index contributed by atoms with van der Waals surface area (Å²) in [5.74, 6) is 0.578. The molecule has 2 aromatic carbocycles. The monoisotopic (exact) mass is 460 g/mol. The van der Waals surface area contributed by atoms with Gasteiger partial charge in [0.2, 0.25) is 0 Å². The zero-order valence-electron chi connectivity index (χ0n) is 19.3. The van der Waals surface area contributed by atoms with Gasteiger partial charge in [-0.3, -0.25) is 0 Å². The summed E-state index contributed by atoms with van der Waals surface area (Å²) in [4.78, 5) is 23.2. The fourth-order valence-corrected chi connectivity index (χ4v) is 2.56. The first-order valence-corrected chi connectivity index (χ1v) is 10.4. The number of carbonyl (C=O) groups excluding carboxylic acids is 2. The molecule has 0 aliphatic rings. The molecule has 34 heavy (non-hydrogen) atoms. The molecule has 8 nitrogen and oxygen atoms in total. The Morgan fingerprint density at radius 3 is 1.26 bits per heavy atom. The van der Waals surface area contributed by atoms with Crippen LogP contribution in [0.5, 0.6) is 11.5 Å². The SMILES string of the molecule is CC(C)OC(=O)Oc1ccc(/C=C(C#N)/C(C#N)=C/c2ccc(OC(=O)OC(C)C)cc2)cc1. The second-order valence-corrected chi connectivity index (χ2v) is 7.52. The van der Waals surface area contributed by atoms with Crippen molar-refractivity contribution in [2.24, 2.45) is 0 Å². The van der Waals surface area contributed by atoms with Crippen LogP contribution < -0.4 is 9.47 Å². The molecule has 0 bridgehead atoms. The predicted molar refractivity (Wildman–Crippen MR) is 125 cm³/mol. The van der Waals surface area contributed by atoms with Crippen molar-refractivity contribution < 1.29 is 28.5 Å². The van der Waals surface area contributed by atoms with Gasteiger partial charge >= 0.3 is 12.3 Å². The van der Waals surface area contributed by atoms with Crippen molar-refractivity contribution in [3.8, 4) is 23.6 Å². The average Bonchev–Trinajstić information content (AvgIpc) is 2.77. The van der Waals surface area contributed by atoms with E-state index >= 15 is 0 Å². The van der Waals surface area contributed by atoms with E-state index in [0.29, 0.717) is 11.1 Å². The second-order valence-electron chi connectivity index (χ2n) is 7.52. The lowest BCUT2D eigenvalue weighted by Crippen LogP contribution is -2.15. The Labute approximate surface area is 198 Å². The molecule has 0 saturated carbocycles. The third kappa shape index (κ3) is 8.52. The molecule has 2 rings (SSSR count). The molecule has 174 valence electrons. The van der Waals surface area contributed by atoms with Gasteiger partial charge in [0.05, 0.1) is 23.4 Å². The molecule has 0 saturated heterocycles. The molecule has 0 N–H and O–H groups in total. The minimum Gasteiger partial charge on any atom is -0.431 e. The second kappa shape index (κ2) is 12.5. The standard InChI is InChI=1S/C26H24N2O6/c1-17(2)31-25(29)33-23-9-5-19(6-10-23)13-21(15-27)22(16-28)14-20-7-11-24(12-8-20)34-26(30)32-18(3)4/h5-14,17-18H,1-4H3/b21-13+,22-14+. The molecule has 0 unspecified atom stereocenters. The molecule has 0 aromatic heterocycles. The maximum Gasteiger partial charge on any atom is 0.514 e. The molecular weight excluding hydrogens is 436 g/mol. The quantitative estimate of drug-likeness (QED) is 0.212. The van der Waals surface area contributed by atoms with Crippen molar-refractivity contribution in [3.63, 3.8) is 0 Å². The predicted octanol–water partition coefficient (Wildman–Crippen LogP) is 6.05. The summed E-state index contributed by atoms with van der Waals surface area (Å²) in [6.45, 7) is 6.85. The number of hydrogen-bond donors (Lipinski definition) is 0. The van der Waals surface area contributed by atoms with Crippen molar-refractivity contribution >= 4 is 24.5 Å². The van der Waals surface area contributed by atoms with Crippen LogP contribution in [-0.2, 0) is 9.47 Å². The highest BCUT2D eigenvalue weighted by Crippen LogP contribution is 2.21. The number of rotatable bonds is 7. The summed E-state index contributed by atoms with van der Waals surface area (Å²) in [5, 5.41) is 19.1. The summed E-state index contributed by atoms with van der Waals surface area (Å²) >= 11 is 0. The molecule has 0 atom stereocenters. The lowest BCUT2D eigenvalue weighted by atomic mass is 10.0. The molecule has 0 heterocycles. The Morgan fingerprint density at radius 2 is 1.00 bits per heavy atom. The van der Waals surface area contributed by atoms with Crippen LogP contribution in [0.3, 0.4) is 0 Å². The molecule has 0 spiro atoms. The summed E-state index contributed by atoms with van der Waals surface area (Å²) < 4.78 is 20.0. The van der Waals surface area contributed by atoms with Gasteiger partial charge in [0.15, 0.2) is 0 Å². The topological polar surface area (TPSA) is 119 Å². The highest BCUT2D eigenvalue weighted by atomic mass is 16.7. The lowest BCUT2D eigenvalue weighted by molar-refractivity contribution is 0.0716. The Hall–Kier alpha value is -4.56. The van der Waals surface area contributed by atoms with Gasteiger partial charge in [-0.15, -0.1) is 0 Å². The fourth-order valence-electron chi connectivity index (χ4n) is 2.56. The maximum atomic E-state index is 11.6. The van der Waals surface area contributed by atoms with E-state index < -0.39 is 12.3 Å². The molecule has 0 fully saturated rings. The van der Waals surface area contributed by atoms with Gasteiger partial charge in [-0.2, -0.15) is 10.5 Å². The molecule has 0 amide bonds. The van der Waals surface area contributed by atoms with Crippen LogP contribution in [0.1, 0.15) is 38.8 Å². The molecule has 8 heteroatoms. The zero-order chi connectivity index (χ0) is 25.1. The van der Waals surface area contributed by atoms with E-state index in [2.05, 4.69) is 0 Å². The highest BCUT2D eigenvalue weighted by Gasteiger charge is 2.10. The van der Waals surface area contributed by atoms with Crippen LogP contribution in [0, 0.1) is 22.7 Å². The van der Waals surface area contributed by atoms with Crippen LogP contribution in [0.25, 0.3) is 12.2 Å². The number of nitriles is 2. The molecule has 2 aromatic rings. The summed E-state index contributed by atoms with van der Waals surface area (Å²) in [7, 11) is 0. The number of allylic oxidation sites excluding steroid dienone is 2. The van der Waals surface area contributed by atoms with E-state index in [1.54, 1.807) is 88.4 Å². The van der Waals surface area contributed by atoms with Crippen molar-refractivity contribution in [1.82, 2.24) is 0 Å². The first kappa shape index (κ1) is 25.7. The average molecular weight is 460 g/mol. The van der Waals surface area contributed by atoms with Gasteiger partial charge in [-0.1, -0.05) is 24.3 Å². The van der Waals surface area contributed by atoms with E-state index in [-0.39, 0.29) is 34.9 Å². The van der Waals surface area contributed by atoms with Crippen molar-refractivity contribution in [2.75, 3.05) is 0 Å². The van der Waals surface area contributed by atoms with Crippen molar-refractivity contribution in [1.29, 1.82) is 10.5 Å².